The molecule has 4 nitrogen and oxygen atoms in total. The summed E-state index contributed by atoms with van der Waals surface area (Å²) in [6.07, 6.45) is 0. The summed E-state index contributed by atoms with van der Waals surface area (Å²) in [5, 5.41) is 0.355. The van der Waals surface area contributed by atoms with Crippen LogP contribution >= 0.6 is 34.2 Å². The molecular formula is C13H12ClIN2O2S. The standard InChI is InChI=1S/C13H12ClIN2O2S/c1-8-6-10(16)3-5-13(8)20(18,19)17-12-4-2-9(15)7-11(12)14/h2-7,17H,16H2,1H3. The molecule has 7 heteroatoms. The van der Waals surface area contributed by atoms with E-state index in [1.165, 1.54) is 6.07 Å². The number of sulfonamides is 1. The Labute approximate surface area is 136 Å². The highest BCUT2D eigenvalue weighted by molar-refractivity contribution is 14.1. The number of nitrogens with two attached hydrogens (primary N) is 1. The van der Waals surface area contributed by atoms with E-state index in [0.717, 1.165) is 3.57 Å². The number of nitrogen functional groups attached to an aromatic ring is 1. The molecule has 0 saturated heterocycles. The molecule has 0 aliphatic heterocycles. The van der Waals surface area contributed by atoms with Gasteiger partial charge in [0.2, 0.25) is 0 Å². The normalized spacial score (nSPS) is 11.3. The molecular weight excluding hydrogens is 411 g/mol. The van der Waals surface area contributed by atoms with Crippen molar-refractivity contribution >= 4 is 55.6 Å². The molecule has 0 spiro atoms. The van der Waals surface area contributed by atoms with Gasteiger partial charge in [-0.3, -0.25) is 4.72 Å². The minimum absolute atomic E-state index is 0.182. The molecule has 106 valence electrons. The smallest absolute Gasteiger partial charge is 0.262 e. The fraction of sp³-hybridized carbons (Fsp3) is 0.0769. The average Bonchev–Trinajstić information content (AvgIpc) is 2.32. The number of halogens is 2. The Morgan fingerprint density at radius 2 is 1.90 bits per heavy atom. The minimum atomic E-state index is -3.69. The monoisotopic (exact) mass is 422 g/mol. The highest BCUT2D eigenvalue weighted by Crippen LogP contribution is 2.27. The summed E-state index contributed by atoms with van der Waals surface area (Å²) in [6.45, 7) is 1.69. The van der Waals surface area contributed by atoms with Crippen LogP contribution in [0.1, 0.15) is 5.56 Å². The molecule has 0 saturated carbocycles. The van der Waals surface area contributed by atoms with Crippen molar-refractivity contribution in [2.75, 3.05) is 10.5 Å². The van der Waals surface area contributed by atoms with Crippen LogP contribution in [0.4, 0.5) is 11.4 Å². The van der Waals surface area contributed by atoms with E-state index in [1.54, 1.807) is 37.3 Å². The molecule has 2 rings (SSSR count). The molecule has 2 aromatic rings. The van der Waals surface area contributed by atoms with Gasteiger partial charge in [0, 0.05) is 9.26 Å². The number of nitrogens with one attached hydrogen (secondary N) is 1. The van der Waals surface area contributed by atoms with E-state index >= 15 is 0 Å². The number of hydrogen-bond donors (Lipinski definition) is 2. The summed E-state index contributed by atoms with van der Waals surface area (Å²) in [4.78, 5) is 0.182. The van der Waals surface area contributed by atoms with Gasteiger partial charge >= 0.3 is 0 Å². The van der Waals surface area contributed by atoms with Crippen molar-refractivity contribution in [1.29, 1.82) is 0 Å². The van der Waals surface area contributed by atoms with Gasteiger partial charge in [-0.15, -0.1) is 0 Å². The predicted molar refractivity (Wildman–Crippen MR) is 90.6 cm³/mol. The zero-order valence-electron chi connectivity index (χ0n) is 10.5. The second-order valence-corrected chi connectivity index (χ2v) is 7.56. The minimum Gasteiger partial charge on any atom is -0.399 e. The highest BCUT2D eigenvalue weighted by atomic mass is 127. The first-order valence-corrected chi connectivity index (χ1v) is 8.57. The Kier molecular flexibility index (Phi) is 4.46. The summed E-state index contributed by atoms with van der Waals surface area (Å²) in [7, 11) is -3.69. The van der Waals surface area contributed by atoms with Crippen molar-refractivity contribution in [2.45, 2.75) is 11.8 Å². The molecule has 0 unspecified atom stereocenters. The van der Waals surface area contributed by atoms with E-state index < -0.39 is 10.0 Å². The van der Waals surface area contributed by atoms with E-state index in [4.69, 9.17) is 17.3 Å². The first-order chi connectivity index (χ1) is 9.29. The van der Waals surface area contributed by atoms with Gasteiger partial charge in [-0.2, -0.15) is 0 Å². The molecule has 0 radical (unpaired) electrons. The fourth-order valence-corrected chi connectivity index (χ4v) is 4.01. The van der Waals surface area contributed by atoms with Crippen LogP contribution in [0.25, 0.3) is 0 Å². The van der Waals surface area contributed by atoms with Gasteiger partial charge < -0.3 is 5.73 Å². The summed E-state index contributed by atoms with van der Waals surface area (Å²) in [5.41, 5.74) is 7.08. The Morgan fingerprint density at radius 3 is 2.50 bits per heavy atom. The van der Waals surface area contributed by atoms with Gasteiger partial charge in [-0.1, -0.05) is 11.6 Å². The van der Waals surface area contributed by atoms with Gasteiger partial charge in [-0.05, 0) is 71.5 Å². The number of benzene rings is 2. The molecule has 0 fully saturated rings. The van der Waals surface area contributed by atoms with Crippen molar-refractivity contribution in [3.05, 3.63) is 50.6 Å². The predicted octanol–water partition coefficient (Wildman–Crippen LogP) is 3.64. The Morgan fingerprint density at radius 1 is 1.20 bits per heavy atom. The summed E-state index contributed by atoms with van der Waals surface area (Å²) in [6, 6.07) is 9.75. The Bertz CT molecular complexity index is 763. The van der Waals surface area contributed by atoms with Gasteiger partial charge in [0.15, 0.2) is 0 Å². The molecule has 2 aromatic carbocycles. The van der Waals surface area contributed by atoms with Gasteiger partial charge in [0.05, 0.1) is 15.6 Å². The zero-order chi connectivity index (χ0) is 14.9. The topological polar surface area (TPSA) is 72.2 Å². The Balaban J connectivity index is 2.41. The lowest BCUT2D eigenvalue weighted by atomic mass is 10.2. The molecule has 20 heavy (non-hydrogen) atoms. The van der Waals surface area contributed by atoms with Crippen molar-refractivity contribution in [1.82, 2.24) is 0 Å². The maximum absolute atomic E-state index is 12.4. The Hall–Kier alpha value is -0.990. The number of rotatable bonds is 3. The molecule has 0 aromatic heterocycles. The number of anilines is 2. The fourth-order valence-electron chi connectivity index (χ4n) is 1.75. The van der Waals surface area contributed by atoms with Crippen LogP contribution in [0.15, 0.2) is 41.3 Å². The van der Waals surface area contributed by atoms with E-state index in [-0.39, 0.29) is 4.90 Å². The van der Waals surface area contributed by atoms with Crippen LogP contribution in [0.2, 0.25) is 5.02 Å². The van der Waals surface area contributed by atoms with Crippen LogP contribution in [0.5, 0.6) is 0 Å². The zero-order valence-corrected chi connectivity index (χ0v) is 14.3. The second kappa shape index (κ2) is 5.79. The van der Waals surface area contributed by atoms with E-state index in [9.17, 15) is 8.42 Å². The first-order valence-electron chi connectivity index (χ1n) is 5.63. The van der Waals surface area contributed by atoms with Crippen LogP contribution in [-0.2, 0) is 10.0 Å². The van der Waals surface area contributed by atoms with Crippen molar-refractivity contribution in [3.8, 4) is 0 Å². The third kappa shape index (κ3) is 3.36. The van der Waals surface area contributed by atoms with Gasteiger partial charge in [0.25, 0.3) is 10.0 Å². The first kappa shape index (κ1) is 15.4. The number of hydrogen-bond acceptors (Lipinski definition) is 3. The van der Waals surface area contributed by atoms with Gasteiger partial charge in [-0.25, -0.2) is 8.42 Å². The SMILES string of the molecule is Cc1cc(N)ccc1S(=O)(=O)Nc1ccc(I)cc1Cl. The van der Waals surface area contributed by atoms with Crippen molar-refractivity contribution < 1.29 is 8.42 Å². The molecule has 0 amide bonds. The summed E-state index contributed by atoms with van der Waals surface area (Å²) in [5.74, 6) is 0. The maximum atomic E-state index is 12.4. The van der Waals surface area contributed by atoms with E-state index in [1.807, 2.05) is 0 Å². The lowest BCUT2D eigenvalue weighted by Crippen LogP contribution is -2.14. The molecule has 0 atom stereocenters. The van der Waals surface area contributed by atoms with Crippen LogP contribution in [-0.4, -0.2) is 8.42 Å². The molecule has 0 aliphatic rings. The summed E-state index contributed by atoms with van der Waals surface area (Å²) < 4.78 is 28.1. The summed E-state index contributed by atoms with van der Waals surface area (Å²) >= 11 is 8.14. The average molecular weight is 423 g/mol. The molecule has 0 bridgehead atoms. The lowest BCUT2D eigenvalue weighted by Gasteiger charge is -2.12. The lowest BCUT2D eigenvalue weighted by molar-refractivity contribution is 0.600. The third-order valence-electron chi connectivity index (χ3n) is 2.66. The van der Waals surface area contributed by atoms with Crippen molar-refractivity contribution in [2.24, 2.45) is 0 Å². The van der Waals surface area contributed by atoms with E-state index in [2.05, 4.69) is 27.3 Å². The molecule has 0 heterocycles. The van der Waals surface area contributed by atoms with E-state index in [0.29, 0.717) is 22.0 Å². The molecule has 3 N–H and O–H groups in total. The highest BCUT2D eigenvalue weighted by Gasteiger charge is 2.18. The quantitative estimate of drug-likeness (QED) is 0.586. The maximum Gasteiger partial charge on any atom is 0.262 e. The van der Waals surface area contributed by atoms with Crippen LogP contribution in [0.3, 0.4) is 0 Å². The second-order valence-electron chi connectivity index (χ2n) is 4.25. The number of aryl methyl sites for hydroxylation is 1. The third-order valence-corrected chi connectivity index (χ3v) is 5.17. The van der Waals surface area contributed by atoms with Gasteiger partial charge in [0.1, 0.15) is 0 Å². The van der Waals surface area contributed by atoms with Crippen LogP contribution < -0.4 is 10.5 Å². The van der Waals surface area contributed by atoms with Crippen LogP contribution in [0, 0.1) is 10.5 Å². The van der Waals surface area contributed by atoms with Crippen molar-refractivity contribution in [3.63, 3.8) is 0 Å². The molecule has 0 aliphatic carbocycles. The largest absolute Gasteiger partial charge is 0.399 e.